The van der Waals surface area contributed by atoms with Gasteiger partial charge in [-0.3, -0.25) is 14.5 Å². The summed E-state index contributed by atoms with van der Waals surface area (Å²) in [4.78, 5) is 31.0. The molecule has 0 unspecified atom stereocenters. The lowest BCUT2D eigenvalue weighted by Crippen LogP contribution is -2.37. The number of benzene rings is 1. The smallest absolute Gasteiger partial charge is 0.240 e. The quantitative estimate of drug-likeness (QED) is 0.811. The van der Waals surface area contributed by atoms with Crippen LogP contribution in [0.3, 0.4) is 0 Å². The van der Waals surface area contributed by atoms with Crippen LogP contribution in [0, 0.1) is 13.8 Å². The summed E-state index contributed by atoms with van der Waals surface area (Å²) in [7, 11) is 0. The second-order valence-corrected chi connectivity index (χ2v) is 7.40. The first-order chi connectivity index (χ1) is 10.9. The summed E-state index contributed by atoms with van der Waals surface area (Å²) in [5, 5.41) is 2.99. The Morgan fingerprint density at radius 1 is 1.22 bits per heavy atom. The van der Waals surface area contributed by atoms with Crippen molar-refractivity contribution in [2.45, 2.75) is 39.0 Å². The number of nitrogens with zero attached hydrogens (tertiary/aromatic N) is 2. The van der Waals surface area contributed by atoms with Gasteiger partial charge in [-0.1, -0.05) is 29.8 Å². The summed E-state index contributed by atoms with van der Waals surface area (Å²) in [6.07, 6.45) is 0.858. The van der Waals surface area contributed by atoms with Gasteiger partial charge in [-0.2, -0.15) is 0 Å². The largest absolute Gasteiger partial charge is 0.281 e. The standard InChI is InChI=1S/C18H20N2O2S/c1-12-4-6-14(7-5-12)18(3)10-16(21)20(17(18)22)9-8-15-11-23-13(2)19-15/h4-7,11H,8-10H2,1-3H3/t18-/m1/s1. The molecule has 4 nitrogen and oxygen atoms in total. The van der Waals surface area contributed by atoms with Gasteiger partial charge in [-0.05, 0) is 26.3 Å². The van der Waals surface area contributed by atoms with Gasteiger partial charge >= 0.3 is 0 Å². The number of thiazole rings is 1. The van der Waals surface area contributed by atoms with Crippen LogP contribution in [0.2, 0.25) is 0 Å². The van der Waals surface area contributed by atoms with Crippen molar-refractivity contribution in [3.63, 3.8) is 0 Å². The summed E-state index contributed by atoms with van der Waals surface area (Å²) >= 11 is 1.59. The Morgan fingerprint density at radius 2 is 1.91 bits per heavy atom. The molecule has 5 heteroatoms. The fraction of sp³-hybridized carbons (Fsp3) is 0.389. The number of likely N-dealkylation sites (tertiary alicyclic amines) is 1. The lowest BCUT2D eigenvalue weighted by Gasteiger charge is -2.22. The van der Waals surface area contributed by atoms with Gasteiger partial charge < -0.3 is 0 Å². The summed E-state index contributed by atoms with van der Waals surface area (Å²) < 4.78 is 0. The number of imide groups is 1. The lowest BCUT2D eigenvalue weighted by atomic mass is 9.81. The van der Waals surface area contributed by atoms with Crippen molar-refractivity contribution in [3.8, 4) is 0 Å². The molecule has 1 aliphatic rings. The van der Waals surface area contributed by atoms with Crippen molar-refractivity contribution < 1.29 is 9.59 Å². The number of aromatic nitrogens is 1. The summed E-state index contributed by atoms with van der Waals surface area (Å²) in [6, 6.07) is 7.87. The van der Waals surface area contributed by atoms with Crippen LogP contribution in [-0.2, 0) is 21.4 Å². The molecule has 23 heavy (non-hydrogen) atoms. The van der Waals surface area contributed by atoms with E-state index in [0.29, 0.717) is 13.0 Å². The number of aryl methyl sites for hydroxylation is 2. The molecule has 0 spiro atoms. The first kappa shape index (κ1) is 15.9. The van der Waals surface area contributed by atoms with Gasteiger partial charge in [0.25, 0.3) is 0 Å². The average molecular weight is 328 g/mol. The van der Waals surface area contributed by atoms with E-state index in [9.17, 15) is 9.59 Å². The summed E-state index contributed by atoms with van der Waals surface area (Å²) in [5.74, 6) is -0.191. The first-order valence-electron chi connectivity index (χ1n) is 7.73. The fourth-order valence-corrected chi connectivity index (χ4v) is 3.65. The van der Waals surface area contributed by atoms with E-state index in [4.69, 9.17) is 0 Å². The number of rotatable bonds is 4. The number of amides is 2. The van der Waals surface area contributed by atoms with Gasteiger partial charge in [-0.15, -0.1) is 11.3 Å². The molecule has 1 fully saturated rings. The third-order valence-corrected chi connectivity index (χ3v) is 5.29. The van der Waals surface area contributed by atoms with E-state index in [1.165, 1.54) is 4.90 Å². The van der Waals surface area contributed by atoms with E-state index >= 15 is 0 Å². The van der Waals surface area contributed by atoms with Gasteiger partial charge in [0.2, 0.25) is 11.8 Å². The number of carbonyl (C=O) groups excluding carboxylic acids is 2. The predicted octanol–water partition coefficient (Wildman–Crippen LogP) is 3.02. The van der Waals surface area contributed by atoms with E-state index in [2.05, 4.69) is 4.98 Å². The normalized spacial score (nSPS) is 21.3. The number of hydrogen-bond donors (Lipinski definition) is 0. The highest BCUT2D eigenvalue weighted by Gasteiger charge is 2.48. The minimum atomic E-state index is -0.747. The third kappa shape index (κ3) is 2.93. The molecule has 2 aromatic rings. The molecule has 0 saturated carbocycles. The average Bonchev–Trinajstić information content (AvgIpc) is 3.01. The van der Waals surface area contributed by atoms with Crippen LogP contribution >= 0.6 is 11.3 Å². The lowest BCUT2D eigenvalue weighted by molar-refractivity contribution is -0.139. The molecule has 0 N–H and O–H groups in total. The highest BCUT2D eigenvalue weighted by Crippen LogP contribution is 2.36. The topological polar surface area (TPSA) is 50.3 Å². The maximum atomic E-state index is 12.8. The Kier molecular flexibility index (Phi) is 4.06. The van der Waals surface area contributed by atoms with Crippen LogP contribution in [0.5, 0.6) is 0 Å². The van der Waals surface area contributed by atoms with E-state index in [0.717, 1.165) is 21.8 Å². The molecule has 0 aliphatic carbocycles. The van der Waals surface area contributed by atoms with E-state index in [1.807, 2.05) is 50.4 Å². The van der Waals surface area contributed by atoms with Crippen LogP contribution in [0.4, 0.5) is 0 Å². The highest BCUT2D eigenvalue weighted by atomic mass is 32.1. The highest BCUT2D eigenvalue weighted by molar-refractivity contribution is 7.09. The summed E-state index contributed by atoms with van der Waals surface area (Å²) in [6.45, 7) is 6.23. The van der Waals surface area contributed by atoms with Crippen molar-refractivity contribution in [2.75, 3.05) is 6.54 Å². The van der Waals surface area contributed by atoms with E-state index in [-0.39, 0.29) is 18.2 Å². The molecule has 0 radical (unpaired) electrons. The van der Waals surface area contributed by atoms with E-state index in [1.54, 1.807) is 11.3 Å². The van der Waals surface area contributed by atoms with Crippen molar-refractivity contribution in [1.82, 2.24) is 9.88 Å². The van der Waals surface area contributed by atoms with Crippen LogP contribution in [0.15, 0.2) is 29.6 Å². The minimum Gasteiger partial charge on any atom is -0.281 e. The Morgan fingerprint density at radius 3 is 2.52 bits per heavy atom. The molecule has 3 rings (SSSR count). The molecule has 1 atom stereocenters. The second kappa shape index (κ2) is 5.89. The zero-order valence-electron chi connectivity index (χ0n) is 13.6. The second-order valence-electron chi connectivity index (χ2n) is 6.33. The van der Waals surface area contributed by atoms with Gasteiger partial charge in [0.15, 0.2) is 0 Å². The zero-order chi connectivity index (χ0) is 16.6. The Hall–Kier alpha value is -2.01. The Balaban J connectivity index is 1.77. The van der Waals surface area contributed by atoms with Crippen LogP contribution in [0.25, 0.3) is 0 Å². The molecule has 1 aromatic heterocycles. The van der Waals surface area contributed by atoms with Crippen LogP contribution in [0.1, 0.15) is 35.2 Å². The molecule has 1 saturated heterocycles. The molecule has 1 aliphatic heterocycles. The molecular weight excluding hydrogens is 308 g/mol. The molecule has 2 heterocycles. The first-order valence-corrected chi connectivity index (χ1v) is 8.61. The van der Waals surface area contributed by atoms with Gasteiger partial charge in [-0.25, -0.2) is 4.98 Å². The Bertz CT molecular complexity index is 751. The molecule has 2 amide bonds. The molecule has 0 bridgehead atoms. The fourth-order valence-electron chi connectivity index (χ4n) is 3.01. The van der Waals surface area contributed by atoms with Crippen molar-refractivity contribution in [3.05, 3.63) is 51.5 Å². The predicted molar refractivity (Wildman–Crippen MR) is 90.4 cm³/mol. The van der Waals surface area contributed by atoms with Crippen molar-refractivity contribution in [1.29, 1.82) is 0 Å². The zero-order valence-corrected chi connectivity index (χ0v) is 14.4. The maximum absolute atomic E-state index is 12.8. The minimum absolute atomic E-state index is 0.0926. The summed E-state index contributed by atoms with van der Waals surface area (Å²) in [5.41, 5.74) is 2.25. The van der Waals surface area contributed by atoms with Gasteiger partial charge in [0.1, 0.15) is 0 Å². The Labute approximate surface area is 140 Å². The third-order valence-electron chi connectivity index (χ3n) is 4.47. The maximum Gasteiger partial charge on any atom is 0.240 e. The van der Waals surface area contributed by atoms with Crippen LogP contribution < -0.4 is 0 Å². The monoisotopic (exact) mass is 328 g/mol. The van der Waals surface area contributed by atoms with Gasteiger partial charge in [0.05, 0.1) is 16.1 Å². The molecule has 1 aromatic carbocycles. The van der Waals surface area contributed by atoms with Crippen LogP contribution in [-0.4, -0.2) is 28.2 Å². The van der Waals surface area contributed by atoms with Gasteiger partial charge in [0, 0.05) is 24.8 Å². The number of hydrogen-bond acceptors (Lipinski definition) is 4. The number of carbonyl (C=O) groups is 2. The molecule has 120 valence electrons. The molecular formula is C18H20N2O2S. The van der Waals surface area contributed by atoms with Crippen molar-refractivity contribution in [2.24, 2.45) is 0 Å². The van der Waals surface area contributed by atoms with Crippen molar-refractivity contribution >= 4 is 23.2 Å². The SMILES string of the molecule is Cc1ccc([C@@]2(C)CC(=O)N(CCc3csc(C)n3)C2=O)cc1. The van der Waals surface area contributed by atoms with E-state index < -0.39 is 5.41 Å².